The molecule has 4 nitrogen and oxygen atoms in total. The molecule has 2 rings (SSSR count). The van der Waals surface area contributed by atoms with Gasteiger partial charge in [-0.25, -0.2) is 0 Å². The monoisotopic (exact) mass is 205 g/mol. The van der Waals surface area contributed by atoms with Crippen LogP contribution < -0.4 is 0 Å². The summed E-state index contributed by atoms with van der Waals surface area (Å²) >= 11 is 0. The second-order valence-electron chi connectivity index (χ2n) is 3.14. The molecule has 0 spiro atoms. The largest absolute Gasteiger partial charge is 0.453 e. The average molecular weight is 205 g/mol. The summed E-state index contributed by atoms with van der Waals surface area (Å²) in [6.45, 7) is 5.57. The molecule has 0 atom stereocenters. The van der Waals surface area contributed by atoms with E-state index in [2.05, 4.69) is 4.98 Å². The summed E-state index contributed by atoms with van der Waals surface area (Å²) in [5.74, 6) is 0. The molecule has 1 aliphatic heterocycles. The van der Waals surface area contributed by atoms with E-state index < -0.39 is 0 Å². The standard InChI is InChI=1S/C5H5N.C3H9B3O3/c1-2-4-6-5-3-1;1-4-7-5(2)9-6(3)8-4/h1-5H;1-3H3. The third kappa shape index (κ3) is 5.62. The van der Waals surface area contributed by atoms with Crippen LogP contribution in [-0.4, -0.2) is 26.3 Å². The van der Waals surface area contributed by atoms with Gasteiger partial charge in [-0.05, 0) is 32.6 Å². The van der Waals surface area contributed by atoms with Gasteiger partial charge in [0.15, 0.2) is 0 Å². The number of hydrogen-bond acceptors (Lipinski definition) is 4. The average Bonchev–Trinajstić information content (AvgIpc) is 2.19. The first kappa shape index (κ1) is 12.3. The Morgan fingerprint density at radius 1 is 0.733 bits per heavy atom. The molecule has 1 fully saturated rings. The van der Waals surface area contributed by atoms with Crippen LogP contribution >= 0.6 is 0 Å². The van der Waals surface area contributed by atoms with Crippen molar-refractivity contribution in [1.29, 1.82) is 0 Å². The van der Waals surface area contributed by atoms with Gasteiger partial charge in [-0.3, -0.25) is 4.98 Å². The molecule has 0 amide bonds. The van der Waals surface area contributed by atoms with Crippen LogP contribution in [0.2, 0.25) is 20.5 Å². The fourth-order valence-electron chi connectivity index (χ4n) is 1.22. The van der Waals surface area contributed by atoms with Crippen molar-refractivity contribution in [2.24, 2.45) is 0 Å². The molecule has 0 bridgehead atoms. The third-order valence-electron chi connectivity index (χ3n) is 1.72. The van der Waals surface area contributed by atoms with E-state index in [1.165, 1.54) is 0 Å². The van der Waals surface area contributed by atoms with Crippen molar-refractivity contribution in [3.63, 3.8) is 0 Å². The number of nitrogens with zero attached hydrogens (tertiary/aromatic N) is 1. The van der Waals surface area contributed by atoms with Gasteiger partial charge in [0.25, 0.3) is 0 Å². The van der Waals surface area contributed by atoms with Gasteiger partial charge in [-0.1, -0.05) is 6.07 Å². The van der Waals surface area contributed by atoms with E-state index in [4.69, 9.17) is 13.7 Å². The van der Waals surface area contributed by atoms with Crippen LogP contribution in [0.15, 0.2) is 30.6 Å². The highest BCUT2D eigenvalue weighted by atomic mass is 16.7. The second kappa shape index (κ2) is 6.66. The molecule has 1 saturated heterocycles. The summed E-state index contributed by atoms with van der Waals surface area (Å²) in [5, 5.41) is 0. The van der Waals surface area contributed by atoms with Crippen LogP contribution in [0.4, 0.5) is 0 Å². The van der Waals surface area contributed by atoms with Crippen LogP contribution in [0.3, 0.4) is 0 Å². The Labute approximate surface area is 91.8 Å². The zero-order chi connectivity index (χ0) is 11.1. The van der Waals surface area contributed by atoms with Crippen molar-refractivity contribution in [2.45, 2.75) is 20.5 Å². The number of aromatic nitrogens is 1. The molecule has 1 aromatic heterocycles. The minimum absolute atomic E-state index is 0.135. The zero-order valence-electron chi connectivity index (χ0n) is 9.29. The molecule has 78 valence electrons. The first-order chi connectivity index (χ1) is 7.18. The van der Waals surface area contributed by atoms with Gasteiger partial charge < -0.3 is 13.7 Å². The van der Waals surface area contributed by atoms with Crippen LogP contribution in [0, 0.1) is 0 Å². The van der Waals surface area contributed by atoms with Crippen molar-refractivity contribution in [3.05, 3.63) is 30.6 Å². The Morgan fingerprint density at radius 2 is 1.13 bits per heavy atom. The van der Waals surface area contributed by atoms with E-state index in [9.17, 15) is 0 Å². The molecule has 1 aliphatic rings. The molecule has 0 aromatic carbocycles. The molecule has 2 heterocycles. The molecule has 0 saturated carbocycles. The predicted molar refractivity (Wildman–Crippen MR) is 62.3 cm³/mol. The summed E-state index contributed by atoms with van der Waals surface area (Å²) in [6.07, 6.45) is 3.50. The zero-order valence-corrected chi connectivity index (χ0v) is 9.29. The van der Waals surface area contributed by atoms with Gasteiger partial charge in [-0.15, -0.1) is 0 Å². The lowest BCUT2D eigenvalue weighted by atomic mass is 9.74. The highest BCUT2D eigenvalue weighted by Gasteiger charge is 2.31. The van der Waals surface area contributed by atoms with Crippen LogP contribution in [-0.2, 0) is 13.7 Å². The molecule has 0 N–H and O–H groups in total. The topological polar surface area (TPSA) is 40.6 Å². The smallest absolute Gasteiger partial charge is 0.426 e. The van der Waals surface area contributed by atoms with Gasteiger partial charge in [-0.2, -0.15) is 0 Å². The van der Waals surface area contributed by atoms with E-state index in [0.717, 1.165) is 0 Å². The van der Waals surface area contributed by atoms with Crippen molar-refractivity contribution in [1.82, 2.24) is 4.98 Å². The lowest BCUT2D eigenvalue weighted by Crippen LogP contribution is -2.44. The maximum Gasteiger partial charge on any atom is 0.426 e. The molecular formula is C8H14B3NO3. The minimum Gasteiger partial charge on any atom is -0.453 e. The van der Waals surface area contributed by atoms with Crippen LogP contribution in [0.25, 0.3) is 0 Å². The van der Waals surface area contributed by atoms with Crippen molar-refractivity contribution >= 4 is 21.4 Å². The van der Waals surface area contributed by atoms with Gasteiger partial charge in [0.2, 0.25) is 0 Å². The SMILES string of the molecule is CB1OB(C)OB(C)O1.c1ccncc1. The van der Waals surface area contributed by atoms with Gasteiger partial charge in [0.05, 0.1) is 0 Å². The highest BCUT2D eigenvalue weighted by molar-refractivity contribution is 6.72. The molecular weight excluding hydrogens is 191 g/mol. The second-order valence-corrected chi connectivity index (χ2v) is 3.14. The molecule has 0 aliphatic carbocycles. The fraction of sp³-hybridized carbons (Fsp3) is 0.375. The summed E-state index contributed by atoms with van der Waals surface area (Å²) < 4.78 is 15.3. The van der Waals surface area contributed by atoms with Crippen molar-refractivity contribution in [2.75, 3.05) is 0 Å². The fourth-order valence-corrected chi connectivity index (χ4v) is 1.22. The number of rotatable bonds is 0. The quantitative estimate of drug-likeness (QED) is 0.601. The first-order valence-corrected chi connectivity index (χ1v) is 5.00. The molecule has 0 radical (unpaired) electrons. The molecule has 15 heavy (non-hydrogen) atoms. The molecule has 0 unspecified atom stereocenters. The Hall–Kier alpha value is -0.775. The third-order valence-corrected chi connectivity index (χ3v) is 1.72. The predicted octanol–water partition coefficient (Wildman–Crippen LogP) is 1.49. The molecule has 1 aromatic rings. The highest BCUT2D eigenvalue weighted by Crippen LogP contribution is 2.06. The Balaban J connectivity index is 0.000000162. The summed E-state index contributed by atoms with van der Waals surface area (Å²) in [5.41, 5.74) is 0. The Kier molecular flexibility index (Phi) is 5.46. The van der Waals surface area contributed by atoms with E-state index >= 15 is 0 Å². The lowest BCUT2D eigenvalue weighted by molar-refractivity contribution is 0.294. The first-order valence-electron chi connectivity index (χ1n) is 5.00. The molecule has 7 heteroatoms. The maximum atomic E-state index is 5.11. The number of hydrogen-bond donors (Lipinski definition) is 0. The summed E-state index contributed by atoms with van der Waals surface area (Å²) in [7, 11) is -0.406. The Morgan fingerprint density at radius 3 is 1.33 bits per heavy atom. The maximum absolute atomic E-state index is 5.11. The van der Waals surface area contributed by atoms with Crippen LogP contribution in [0.1, 0.15) is 0 Å². The van der Waals surface area contributed by atoms with Gasteiger partial charge >= 0.3 is 21.4 Å². The van der Waals surface area contributed by atoms with E-state index in [1.54, 1.807) is 12.4 Å². The van der Waals surface area contributed by atoms with Gasteiger partial charge in [0, 0.05) is 12.4 Å². The number of pyridine rings is 1. The van der Waals surface area contributed by atoms with Gasteiger partial charge in [0.1, 0.15) is 0 Å². The normalized spacial score (nSPS) is 15.8. The summed E-state index contributed by atoms with van der Waals surface area (Å²) in [4.78, 5) is 3.78. The lowest BCUT2D eigenvalue weighted by Gasteiger charge is -2.25. The van der Waals surface area contributed by atoms with E-state index in [0.29, 0.717) is 0 Å². The summed E-state index contributed by atoms with van der Waals surface area (Å²) in [6, 6.07) is 5.72. The minimum atomic E-state index is -0.135. The van der Waals surface area contributed by atoms with Crippen molar-refractivity contribution < 1.29 is 13.7 Å². The van der Waals surface area contributed by atoms with E-state index in [1.807, 2.05) is 38.7 Å². The Bertz CT molecular complexity index is 213. The van der Waals surface area contributed by atoms with Crippen LogP contribution in [0.5, 0.6) is 0 Å². The van der Waals surface area contributed by atoms with Crippen molar-refractivity contribution in [3.8, 4) is 0 Å². The van der Waals surface area contributed by atoms with E-state index in [-0.39, 0.29) is 21.4 Å².